The monoisotopic (exact) mass is 559 g/mol. The number of esters is 3. The zero-order chi connectivity index (χ0) is 29.0. The van der Waals surface area contributed by atoms with Crippen LogP contribution in [0.25, 0.3) is 0 Å². The van der Waals surface area contributed by atoms with Gasteiger partial charge in [-0.15, -0.1) is 0 Å². The second-order valence-corrected chi connectivity index (χ2v) is 11.6. The molecule has 2 aliphatic heterocycles. The third-order valence-electron chi connectivity index (χ3n) is 8.56. The van der Waals surface area contributed by atoms with Crippen LogP contribution in [0.3, 0.4) is 0 Å². The van der Waals surface area contributed by atoms with E-state index in [-0.39, 0.29) is 30.7 Å². The third kappa shape index (κ3) is 4.35. The molecule has 5 rings (SSSR count). The van der Waals surface area contributed by atoms with Crippen molar-refractivity contribution in [3.05, 3.63) is 35.1 Å². The fraction of sp³-hybridized carbons (Fsp3) is 0.621. The van der Waals surface area contributed by atoms with Crippen LogP contribution in [0.15, 0.2) is 24.0 Å². The van der Waals surface area contributed by atoms with Gasteiger partial charge in [0, 0.05) is 18.0 Å². The second kappa shape index (κ2) is 10.4. The van der Waals surface area contributed by atoms with Crippen LogP contribution in [0, 0.1) is 5.92 Å². The van der Waals surface area contributed by atoms with Crippen LogP contribution < -0.4 is 9.47 Å². The molecule has 1 aromatic carbocycles. The number of methoxy groups -OCH3 is 1. The number of carbonyl (C=O) groups excluding carboxylic acids is 3. The Morgan fingerprint density at radius 3 is 2.62 bits per heavy atom. The maximum atomic E-state index is 13.2. The van der Waals surface area contributed by atoms with Gasteiger partial charge in [0.05, 0.1) is 31.2 Å². The van der Waals surface area contributed by atoms with Gasteiger partial charge in [0.15, 0.2) is 17.6 Å². The minimum atomic E-state index is -1.59. The van der Waals surface area contributed by atoms with Gasteiger partial charge in [0.1, 0.15) is 11.9 Å². The Kier molecular flexibility index (Phi) is 7.35. The molecule has 6 atom stereocenters. The molecule has 40 heavy (non-hydrogen) atoms. The van der Waals surface area contributed by atoms with Crippen molar-refractivity contribution in [3.63, 3.8) is 0 Å². The topological polar surface area (TPSA) is 141 Å². The summed E-state index contributed by atoms with van der Waals surface area (Å²) in [6.45, 7) is 5.65. The highest BCUT2D eigenvalue weighted by molar-refractivity contribution is 5.85. The van der Waals surface area contributed by atoms with Crippen LogP contribution in [-0.4, -0.2) is 90.3 Å². The molecule has 0 radical (unpaired) electrons. The average molecular weight is 560 g/mol. The summed E-state index contributed by atoms with van der Waals surface area (Å²) in [5.41, 5.74) is -0.0712. The molecule has 218 valence electrons. The van der Waals surface area contributed by atoms with E-state index in [1.54, 1.807) is 13.2 Å². The van der Waals surface area contributed by atoms with E-state index in [1.165, 1.54) is 6.92 Å². The van der Waals surface area contributed by atoms with E-state index in [1.807, 2.05) is 33.0 Å². The van der Waals surface area contributed by atoms with Crippen molar-refractivity contribution in [3.8, 4) is 11.5 Å². The van der Waals surface area contributed by atoms with Crippen LogP contribution in [-0.2, 0) is 40.4 Å². The second-order valence-electron chi connectivity index (χ2n) is 11.6. The molecule has 0 amide bonds. The van der Waals surface area contributed by atoms with Gasteiger partial charge in [0.25, 0.3) is 0 Å². The number of carbonyl (C=O) groups is 3. The summed E-state index contributed by atoms with van der Waals surface area (Å²) in [5, 5.41) is 21.8. The van der Waals surface area contributed by atoms with Gasteiger partial charge in [-0.3, -0.25) is 4.79 Å². The first-order valence-corrected chi connectivity index (χ1v) is 13.7. The lowest BCUT2D eigenvalue weighted by Crippen LogP contribution is -2.74. The first kappa shape index (κ1) is 28.4. The number of hydrogen-bond acceptors (Lipinski definition) is 11. The minimum Gasteiger partial charge on any atom is -0.493 e. The standard InChI is InChI=1S/C29H37NO10/c1-15(2)14-37-27(34)20(39-26(33)16(3)31)13-22(32)38-19-8-9-29(35)21-12-17-6-7-18(36-5)24-23(17)28(29,25(19)40-24)10-11-30(21)4/h6-8,15-16,20-21,25,31,35H,9-14H2,1-5H3/t16-,20-,21+,25-,28-,29+/m0/s1. The van der Waals surface area contributed by atoms with Crippen LogP contribution in [0.4, 0.5) is 0 Å². The quantitative estimate of drug-likeness (QED) is 0.335. The molecule has 2 bridgehead atoms. The van der Waals surface area contributed by atoms with Gasteiger partial charge >= 0.3 is 17.9 Å². The summed E-state index contributed by atoms with van der Waals surface area (Å²) in [7, 11) is 3.56. The van der Waals surface area contributed by atoms with Crippen molar-refractivity contribution in [2.45, 2.75) is 81.8 Å². The predicted molar refractivity (Wildman–Crippen MR) is 140 cm³/mol. The van der Waals surface area contributed by atoms with E-state index >= 15 is 0 Å². The number of likely N-dealkylation sites (tertiary alicyclic amines) is 1. The molecular formula is C29H37NO10. The van der Waals surface area contributed by atoms with Crippen molar-refractivity contribution >= 4 is 17.9 Å². The van der Waals surface area contributed by atoms with Gasteiger partial charge < -0.3 is 38.8 Å². The molecule has 4 aliphatic rings. The van der Waals surface area contributed by atoms with Gasteiger partial charge in [-0.1, -0.05) is 19.9 Å². The highest BCUT2D eigenvalue weighted by atomic mass is 16.6. The molecule has 11 nitrogen and oxygen atoms in total. The maximum absolute atomic E-state index is 13.2. The number of likely N-dealkylation sites (N-methyl/N-ethyl adjacent to an activating group) is 1. The molecule has 1 saturated heterocycles. The highest BCUT2D eigenvalue weighted by Crippen LogP contribution is 2.65. The molecule has 2 aliphatic carbocycles. The number of rotatable bonds is 9. The van der Waals surface area contributed by atoms with Crippen molar-refractivity contribution in [2.24, 2.45) is 5.92 Å². The zero-order valence-electron chi connectivity index (χ0n) is 23.5. The normalized spacial score (nSPS) is 29.4. The van der Waals surface area contributed by atoms with Crippen molar-refractivity contribution in [1.29, 1.82) is 0 Å². The maximum Gasteiger partial charge on any atom is 0.348 e. The Bertz CT molecular complexity index is 1240. The lowest BCUT2D eigenvalue weighted by Gasteiger charge is -2.61. The number of benzene rings is 1. The van der Waals surface area contributed by atoms with Gasteiger partial charge in [-0.05, 0) is 57.0 Å². The molecule has 1 aromatic rings. The largest absolute Gasteiger partial charge is 0.493 e. The number of nitrogens with zero attached hydrogens (tertiary/aromatic N) is 1. The molecule has 0 saturated carbocycles. The smallest absolute Gasteiger partial charge is 0.348 e. The molecule has 2 heterocycles. The summed E-state index contributed by atoms with van der Waals surface area (Å²) in [5.74, 6) is -1.50. The summed E-state index contributed by atoms with van der Waals surface area (Å²) in [4.78, 5) is 40.1. The van der Waals surface area contributed by atoms with E-state index < -0.39 is 53.7 Å². The molecule has 0 aromatic heterocycles. The average Bonchev–Trinajstić information content (AvgIpc) is 3.26. The lowest BCUT2D eigenvalue weighted by atomic mass is 9.50. The summed E-state index contributed by atoms with van der Waals surface area (Å²) < 4.78 is 28.1. The molecule has 2 N–H and O–H groups in total. The Morgan fingerprint density at radius 1 is 1.20 bits per heavy atom. The number of aliphatic hydroxyl groups is 2. The molecule has 11 heteroatoms. The number of ether oxygens (including phenoxy) is 5. The first-order valence-electron chi connectivity index (χ1n) is 13.7. The SMILES string of the molecule is COc1ccc2c3c1O[C@H]1C(OC(=O)C[C@H](OC(=O)[C@H](C)O)C(=O)OCC(C)C)=CC[C@@]4(O)[C@@H](C2)N(C)CC[C@]314. The Balaban J connectivity index is 1.43. The first-order chi connectivity index (χ1) is 18.9. The molecule has 1 fully saturated rings. The van der Waals surface area contributed by atoms with Crippen molar-refractivity contribution in [2.75, 3.05) is 27.3 Å². The van der Waals surface area contributed by atoms with Gasteiger partial charge in [0.2, 0.25) is 6.10 Å². The van der Waals surface area contributed by atoms with E-state index in [0.717, 1.165) is 11.1 Å². The Morgan fingerprint density at radius 2 is 1.95 bits per heavy atom. The van der Waals surface area contributed by atoms with Crippen molar-refractivity contribution < 1.29 is 48.3 Å². The number of piperidine rings is 1. The van der Waals surface area contributed by atoms with Gasteiger partial charge in [-0.2, -0.15) is 0 Å². The number of hydrogen-bond donors (Lipinski definition) is 2. The van der Waals surface area contributed by atoms with Gasteiger partial charge in [-0.25, -0.2) is 9.59 Å². The summed E-state index contributed by atoms with van der Waals surface area (Å²) in [6.07, 6.45) is -1.39. The third-order valence-corrected chi connectivity index (χ3v) is 8.56. The fourth-order valence-electron chi connectivity index (χ4n) is 6.67. The Labute approximate surface area is 233 Å². The van der Waals surface area contributed by atoms with E-state index in [0.29, 0.717) is 30.9 Å². The fourth-order valence-corrected chi connectivity index (χ4v) is 6.67. The molecular weight excluding hydrogens is 522 g/mol. The summed E-state index contributed by atoms with van der Waals surface area (Å²) >= 11 is 0. The van der Waals surface area contributed by atoms with Crippen LogP contribution >= 0.6 is 0 Å². The van der Waals surface area contributed by atoms with Crippen LogP contribution in [0.5, 0.6) is 11.5 Å². The predicted octanol–water partition coefficient (Wildman–Crippen LogP) is 1.40. The van der Waals surface area contributed by atoms with E-state index in [2.05, 4.69) is 4.90 Å². The zero-order valence-corrected chi connectivity index (χ0v) is 23.5. The van der Waals surface area contributed by atoms with E-state index in [4.69, 9.17) is 23.7 Å². The lowest BCUT2D eigenvalue weighted by molar-refractivity contribution is -0.178. The minimum absolute atomic E-state index is 0.0197. The van der Waals surface area contributed by atoms with Crippen molar-refractivity contribution in [1.82, 2.24) is 4.90 Å². The summed E-state index contributed by atoms with van der Waals surface area (Å²) in [6, 6.07) is 3.69. The highest BCUT2D eigenvalue weighted by Gasteiger charge is 2.72. The van der Waals surface area contributed by atoms with Crippen LogP contribution in [0.2, 0.25) is 0 Å². The van der Waals surface area contributed by atoms with E-state index in [9.17, 15) is 24.6 Å². The molecule has 1 spiro atoms. The molecule has 0 unspecified atom stereocenters. The Hall–Kier alpha value is -3.15. The number of aliphatic hydroxyl groups excluding tert-OH is 1. The van der Waals surface area contributed by atoms with Crippen LogP contribution in [0.1, 0.15) is 51.2 Å².